The lowest BCUT2D eigenvalue weighted by molar-refractivity contribution is -0.131. The monoisotopic (exact) mass is 414 g/mol. The van der Waals surface area contributed by atoms with E-state index in [1.54, 1.807) is 37.3 Å². The van der Waals surface area contributed by atoms with Crippen LogP contribution in [0.3, 0.4) is 0 Å². The smallest absolute Gasteiger partial charge is 0.328 e. The molecular formula is C26H35FO3. The Labute approximate surface area is 180 Å². The second-order valence-electron chi connectivity index (χ2n) is 7.45. The van der Waals surface area contributed by atoms with E-state index in [1.807, 2.05) is 19.1 Å². The Morgan fingerprint density at radius 3 is 2.43 bits per heavy atom. The fraction of sp³-hybridized carbons (Fsp3) is 0.423. The molecule has 164 valence electrons. The predicted molar refractivity (Wildman–Crippen MR) is 123 cm³/mol. The van der Waals surface area contributed by atoms with Gasteiger partial charge in [0.15, 0.2) is 0 Å². The summed E-state index contributed by atoms with van der Waals surface area (Å²) < 4.78 is 20.1. The second kappa shape index (κ2) is 15.3. The fourth-order valence-corrected chi connectivity index (χ4v) is 2.91. The van der Waals surface area contributed by atoms with Gasteiger partial charge in [0, 0.05) is 6.08 Å². The van der Waals surface area contributed by atoms with E-state index in [-0.39, 0.29) is 5.82 Å². The third-order valence-electron chi connectivity index (χ3n) is 4.60. The molecule has 0 aromatic heterocycles. The van der Waals surface area contributed by atoms with E-state index in [2.05, 4.69) is 6.92 Å². The van der Waals surface area contributed by atoms with Gasteiger partial charge >= 0.3 is 5.97 Å². The Bertz CT molecular complexity index is 772. The average molecular weight is 415 g/mol. The Morgan fingerprint density at radius 1 is 1.03 bits per heavy atom. The van der Waals surface area contributed by atoms with Crippen molar-refractivity contribution in [1.82, 2.24) is 0 Å². The highest BCUT2D eigenvalue weighted by Crippen LogP contribution is 2.24. The van der Waals surface area contributed by atoms with Gasteiger partial charge in [0.1, 0.15) is 11.6 Å². The summed E-state index contributed by atoms with van der Waals surface area (Å²) >= 11 is 0. The minimum Gasteiger partial charge on any atom is -0.493 e. The molecule has 0 aliphatic rings. The summed E-state index contributed by atoms with van der Waals surface area (Å²) in [5.74, 6) is -0.728. The van der Waals surface area contributed by atoms with Crippen LogP contribution in [0.1, 0.15) is 71.3 Å². The van der Waals surface area contributed by atoms with E-state index in [0.29, 0.717) is 23.5 Å². The topological polar surface area (TPSA) is 46.5 Å². The number of unbranched alkanes of at least 4 members (excludes halogenated alkanes) is 6. The van der Waals surface area contributed by atoms with Gasteiger partial charge in [0.2, 0.25) is 0 Å². The minimum absolute atomic E-state index is 0.313. The third kappa shape index (κ3) is 11.4. The summed E-state index contributed by atoms with van der Waals surface area (Å²) in [5, 5.41) is 8.71. The van der Waals surface area contributed by atoms with Gasteiger partial charge in [-0.1, -0.05) is 81.4 Å². The first-order chi connectivity index (χ1) is 14.4. The van der Waals surface area contributed by atoms with Gasteiger partial charge in [-0.3, -0.25) is 0 Å². The quantitative estimate of drug-likeness (QED) is 0.195. The lowest BCUT2D eigenvalue weighted by Crippen LogP contribution is -2.00. The molecule has 0 amide bonds. The standard InChI is InChI=1S/C26H35FO3/c1-4-5-6-7-8-9-10-19-30-25-16-12-15-24(27)23(25)18-17-21(2)13-11-14-22(3)20-26(28)29/h11-18,20H,4-10,19H2,1-3H3,(H,28,29). The van der Waals surface area contributed by atoms with Crippen molar-refractivity contribution in [3.8, 4) is 5.75 Å². The lowest BCUT2D eigenvalue weighted by Gasteiger charge is -2.10. The molecule has 0 fully saturated rings. The van der Waals surface area contributed by atoms with Gasteiger partial charge in [-0.25, -0.2) is 9.18 Å². The van der Waals surface area contributed by atoms with Crippen LogP contribution in [-0.2, 0) is 4.79 Å². The van der Waals surface area contributed by atoms with Crippen LogP contribution in [0.5, 0.6) is 5.75 Å². The molecule has 30 heavy (non-hydrogen) atoms. The van der Waals surface area contributed by atoms with E-state index >= 15 is 0 Å². The summed E-state index contributed by atoms with van der Waals surface area (Å²) in [5.41, 5.74) is 2.00. The highest BCUT2D eigenvalue weighted by Gasteiger charge is 2.06. The van der Waals surface area contributed by atoms with E-state index in [4.69, 9.17) is 9.84 Å². The summed E-state index contributed by atoms with van der Waals surface area (Å²) in [6.45, 7) is 6.42. The Kier molecular flexibility index (Phi) is 12.9. The van der Waals surface area contributed by atoms with Gasteiger partial charge in [-0.15, -0.1) is 0 Å². The minimum atomic E-state index is -0.971. The van der Waals surface area contributed by atoms with Crippen molar-refractivity contribution in [3.05, 3.63) is 71.1 Å². The first-order valence-corrected chi connectivity index (χ1v) is 10.8. The molecule has 0 radical (unpaired) electrons. The lowest BCUT2D eigenvalue weighted by atomic mass is 10.1. The predicted octanol–water partition coefficient (Wildman–Crippen LogP) is 7.50. The van der Waals surface area contributed by atoms with Crippen LogP contribution < -0.4 is 4.74 Å². The Hall–Kier alpha value is -2.62. The SMILES string of the molecule is CCCCCCCCCOc1cccc(F)c1C=CC(C)=CC=CC(C)=CC(=O)O. The number of allylic oxidation sites excluding steroid dienone is 6. The number of hydrogen-bond acceptors (Lipinski definition) is 2. The number of benzene rings is 1. The van der Waals surface area contributed by atoms with Crippen molar-refractivity contribution < 1.29 is 19.0 Å². The van der Waals surface area contributed by atoms with E-state index in [1.165, 1.54) is 38.2 Å². The molecule has 0 saturated carbocycles. The zero-order chi connectivity index (χ0) is 22.2. The number of ether oxygens (including phenoxy) is 1. The maximum absolute atomic E-state index is 14.3. The van der Waals surface area contributed by atoms with Gasteiger partial charge in [-0.05, 0) is 44.1 Å². The summed E-state index contributed by atoms with van der Waals surface area (Å²) in [6.07, 6.45) is 18.5. The first-order valence-electron chi connectivity index (χ1n) is 10.8. The second-order valence-corrected chi connectivity index (χ2v) is 7.45. The number of aliphatic carboxylic acids is 1. The molecule has 1 N–H and O–H groups in total. The maximum Gasteiger partial charge on any atom is 0.328 e. The largest absolute Gasteiger partial charge is 0.493 e. The van der Waals surface area contributed by atoms with Crippen LogP contribution in [0, 0.1) is 5.82 Å². The molecule has 1 rings (SSSR count). The summed E-state index contributed by atoms with van der Waals surface area (Å²) in [7, 11) is 0. The zero-order valence-corrected chi connectivity index (χ0v) is 18.5. The Balaban J connectivity index is 2.62. The number of hydrogen-bond donors (Lipinski definition) is 1. The molecule has 0 aliphatic carbocycles. The molecule has 0 unspecified atom stereocenters. The molecule has 4 heteroatoms. The molecule has 0 atom stereocenters. The normalized spacial score (nSPS) is 12.8. The van der Waals surface area contributed by atoms with E-state index in [0.717, 1.165) is 24.5 Å². The van der Waals surface area contributed by atoms with Crippen LogP contribution in [-0.4, -0.2) is 17.7 Å². The molecule has 0 saturated heterocycles. The van der Waals surface area contributed by atoms with Gasteiger partial charge < -0.3 is 9.84 Å². The molecule has 1 aromatic carbocycles. The first kappa shape index (κ1) is 25.4. The average Bonchev–Trinajstić information content (AvgIpc) is 2.68. The van der Waals surface area contributed by atoms with Gasteiger partial charge in [0.25, 0.3) is 0 Å². The summed E-state index contributed by atoms with van der Waals surface area (Å²) in [4.78, 5) is 10.6. The number of carboxylic acids is 1. The van der Waals surface area contributed by atoms with Crippen molar-refractivity contribution in [2.45, 2.75) is 65.7 Å². The van der Waals surface area contributed by atoms with Crippen molar-refractivity contribution >= 4 is 12.0 Å². The van der Waals surface area contributed by atoms with Crippen molar-refractivity contribution in [1.29, 1.82) is 0 Å². The van der Waals surface area contributed by atoms with Crippen LogP contribution >= 0.6 is 0 Å². The third-order valence-corrected chi connectivity index (χ3v) is 4.60. The molecular weight excluding hydrogens is 379 g/mol. The molecule has 0 spiro atoms. The molecule has 3 nitrogen and oxygen atoms in total. The van der Waals surface area contributed by atoms with E-state index < -0.39 is 5.97 Å². The summed E-state index contributed by atoms with van der Waals surface area (Å²) in [6, 6.07) is 4.89. The fourth-order valence-electron chi connectivity index (χ4n) is 2.91. The molecule has 0 bridgehead atoms. The van der Waals surface area contributed by atoms with Crippen molar-refractivity contribution in [2.75, 3.05) is 6.61 Å². The van der Waals surface area contributed by atoms with Crippen LogP contribution in [0.2, 0.25) is 0 Å². The number of rotatable bonds is 14. The van der Waals surface area contributed by atoms with Crippen molar-refractivity contribution in [2.24, 2.45) is 0 Å². The maximum atomic E-state index is 14.3. The van der Waals surface area contributed by atoms with Crippen LogP contribution in [0.4, 0.5) is 4.39 Å². The van der Waals surface area contributed by atoms with Crippen LogP contribution in [0.25, 0.3) is 6.08 Å². The van der Waals surface area contributed by atoms with Gasteiger partial charge in [-0.2, -0.15) is 0 Å². The van der Waals surface area contributed by atoms with Gasteiger partial charge in [0.05, 0.1) is 12.2 Å². The van der Waals surface area contributed by atoms with E-state index in [9.17, 15) is 9.18 Å². The molecule has 0 heterocycles. The molecule has 0 aliphatic heterocycles. The molecule has 1 aromatic rings. The zero-order valence-electron chi connectivity index (χ0n) is 18.5. The number of carboxylic acid groups (broad SMARTS) is 1. The highest BCUT2D eigenvalue weighted by molar-refractivity contribution is 5.81. The van der Waals surface area contributed by atoms with Crippen molar-refractivity contribution in [3.63, 3.8) is 0 Å². The number of carbonyl (C=O) groups is 1. The van der Waals surface area contributed by atoms with Crippen LogP contribution in [0.15, 0.2) is 59.7 Å². The Morgan fingerprint density at radius 2 is 1.73 bits per heavy atom. The highest BCUT2D eigenvalue weighted by atomic mass is 19.1. The number of halogens is 1.